The third-order valence-electron chi connectivity index (χ3n) is 10.3. The highest BCUT2D eigenvalue weighted by Gasteiger charge is 2.43. The van der Waals surface area contributed by atoms with Gasteiger partial charge < -0.3 is 9.47 Å². The van der Waals surface area contributed by atoms with Crippen molar-refractivity contribution in [2.75, 3.05) is 7.11 Å². The summed E-state index contributed by atoms with van der Waals surface area (Å²) in [5, 5.41) is 1.73. The number of rotatable bonds is 8. The van der Waals surface area contributed by atoms with E-state index in [0.29, 0.717) is 17.2 Å². The molecule has 0 saturated heterocycles. The molecule has 0 aromatic heterocycles. The van der Waals surface area contributed by atoms with Crippen LogP contribution in [0, 0.1) is 19.8 Å². The van der Waals surface area contributed by atoms with Gasteiger partial charge in [-0.3, -0.25) is 0 Å². The van der Waals surface area contributed by atoms with Crippen molar-refractivity contribution < 1.29 is 19.1 Å². The van der Waals surface area contributed by atoms with E-state index in [4.69, 9.17) is 4.74 Å². The molecule has 1 aliphatic rings. The average molecular weight is 687 g/mol. The van der Waals surface area contributed by atoms with Crippen molar-refractivity contribution in [2.45, 2.75) is 51.4 Å². The van der Waals surface area contributed by atoms with E-state index in [9.17, 15) is 9.59 Å². The van der Waals surface area contributed by atoms with Crippen LogP contribution in [0.5, 0.6) is 5.75 Å². The van der Waals surface area contributed by atoms with Crippen LogP contribution in [0.3, 0.4) is 0 Å². The van der Waals surface area contributed by atoms with E-state index in [2.05, 4.69) is 128 Å². The van der Waals surface area contributed by atoms with Crippen LogP contribution in [0.1, 0.15) is 70.3 Å². The Hall–Kier alpha value is -5.74. The summed E-state index contributed by atoms with van der Waals surface area (Å²) in [6, 6.07) is 49.2. The second-order valence-corrected chi connectivity index (χ2v) is 13.7. The Balaban J connectivity index is 0.000000208. The third-order valence-corrected chi connectivity index (χ3v) is 10.3. The zero-order valence-electron chi connectivity index (χ0n) is 30.3. The molecular weight excluding hydrogens is 641 g/mol. The van der Waals surface area contributed by atoms with Crippen LogP contribution < -0.4 is 4.74 Å². The van der Waals surface area contributed by atoms with E-state index >= 15 is 0 Å². The molecule has 7 rings (SSSR count). The Kier molecular flexibility index (Phi) is 11.5. The number of methoxy groups -OCH3 is 1. The van der Waals surface area contributed by atoms with Crippen LogP contribution >= 0.6 is 0 Å². The zero-order chi connectivity index (χ0) is 36.5. The predicted octanol–water partition coefficient (Wildman–Crippen LogP) is 11.6. The summed E-state index contributed by atoms with van der Waals surface area (Å²) in [5.74, 6) is 0.136. The fourth-order valence-corrected chi connectivity index (χ4v) is 7.62. The highest BCUT2D eigenvalue weighted by molar-refractivity contribution is 5.96. The molecule has 1 aliphatic carbocycles. The van der Waals surface area contributed by atoms with Crippen molar-refractivity contribution in [1.29, 1.82) is 0 Å². The van der Waals surface area contributed by atoms with Gasteiger partial charge in [0.1, 0.15) is 5.75 Å². The number of benzene rings is 6. The fraction of sp³-hybridized carbons (Fsp3) is 0.208. The first kappa shape index (κ1) is 36.1. The fourth-order valence-electron chi connectivity index (χ4n) is 7.62. The van der Waals surface area contributed by atoms with E-state index in [0.717, 1.165) is 16.8 Å². The number of fused-ring (bicyclic) bond motifs is 1. The summed E-state index contributed by atoms with van der Waals surface area (Å²) in [6.07, 6.45) is 7.68. The Morgan fingerprint density at radius 2 is 1.15 bits per heavy atom. The van der Waals surface area contributed by atoms with Gasteiger partial charge in [-0.1, -0.05) is 152 Å². The van der Waals surface area contributed by atoms with Crippen LogP contribution in [0.2, 0.25) is 0 Å². The minimum Gasteiger partial charge on any atom is -0.465 e. The Bertz CT molecular complexity index is 2080. The molecule has 262 valence electrons. The quantitative estimate of drug-likeness (QED) is 0.0692. The van der Waals surface area contributed by atoms with Crippen molar-refractivity contribution in [3.63, 3.8) is 0 Å². The number of esters is 2. The molecule has 0 radical (unpaired) electrons. The first-order valence-corrected chi connectivity index (χ1v) is 18.1. The minimum atomic E-state index is -0.509. The lowest BCUT2D eigenvalue weighted by Gasteiger charge is -2.45. The van der Waals surface area contributed by atoms with Crippen molar-refractivity contribution in [1.82, 2.24) is 0 Å². The molecule has 0 bridgehead atoms. The molecule has 0 unspecified atom stereocenters. The Morgan fingerprint density at radius 3 is 1.71 bits per heavy atom. The summed E-state index contributed by atoms with van der Waals surface area (Å²) < 4.78 is 9.68. The zero-order valence-corrected chi connectivity index (χ0v) is 30.3. The molecule has 1 fully saturated rings. The Morgan fingerprint density at radius 1 is 0.635 bits per heavy atom. The monoisotopic (exact) mass is 686 g/mol. The van der Waals surface area contributed by atoms with Crippen LogP contribution in [-0.2, 0) is 14.9 Å². The summed E-state index contributed by atoms with van der Waals surface area (Å²) >= 11 is 0. The number of aryl methyl sites for hydroxylation is 2. The number of hydrogen-bond donors (Lipinski definition) is 0. The smallest absolute Gasteiger partial charge is 0.337 e. The number of hydrogen-bond acceptors (Lipinski definition) is 4. The van der Waals surface area contributed by atoms with E-state index in [1.54, 1.807) is 36.4 Å². The maximum absolute atomic E-state index is 11.4. The summed E-state index contributed by atoms with van der Waals surface area (Å²) in [4.78, 5) is 22.5. The molecule has 1 saturated carbocycles. The number of carbonyl (C=O) groups excluding carboxylic acids is 2. The molecule has 6 aromatic rings. The molecule has 4 nitrogen and oxygen atoms in total. The maximum Gasteiger partial charge on any atom is 0.337 e. The minimum absolute atomic E-state index is 0.128. The molecule has 6 aromatic carbocycles. The van der Waals surface area contributed by atoms with Crippen molar-refractivity contribution in [2.24, 2.45) is 5.92 Å². The summed E-state index contributed by atoms with van der Waals surface area (Å²) in [7, 11) is 1.34. The van der Waals surface area contributed by atoms with Gasteiger partial charge in [-0.05, 0) is 95.5 Å². The molecule has 52 heavy (non-hydrogen) atoms. The molecule has 0 N–H and O–H groups in total. The van der Waals surface area contributed by atoms with E-state index in [1.165, 1.54) is 78.2 Å². The van der Waals surface area contributed by atoms with E-state index in [1.807, 2.05) is 0 Å². The maximum atomic E-state index is 11.4. The third kappa shape index (κ3) is 7.92. The van der Waals surface area contributed by atoms with Crippen molar-refractivity contribution in [3.05, 3.63) is 186 Å². The van der Waals surface area contributed by atoms with Crippen LogP contribution in [0.15, 0.2) is 152 Å². The van der Waals surface area contributed by atoms with Gasteiger partial charge in [-0.15, -0.1) is 0 Å². The topological polar surface area (TPSA) is 52.6 Å². The standard InChI is InChI=1S/C33H34.C15H12O4/c1-25-13-19-30(20-14-25)33(29-11-7-4-8-12-29,31-21-15-26(2)16-22-31)32-23-17-28(18-24-32)27-9-5-3-6-10-27;1-3-14(16)19-13-7-6-10-8-12(15(17)18-2)5-4-11(10)9-13/h3,5-6,9-10,13-24,29H,4,7-8,11-12H2,1-2H3;3-9H,1H2,2H3. The van der Waals surface area contributed by atoms with Crippen LogP contribution in [0.25, 0.3) is 21.9 Å². The summed E-state index contributed by atoms with van der Waals surface area (Å²) in [6.45, 7) is 7.71. The lowest BCUT2D eigenvalue weighted by atomic mass is 9.58. The molecule has 0 aliphatic heterocycles. The lowest BCUT2D eigenvalue weighted by Crippen LogP contribution is -2.39. The molecular formula is C48H46O4. The second kappa shape index (κ2) is 16.5. The largest absolute Gasteiger partial charge is 0.465 e. The predicted molar refractivity (Wildman–Crippen MR) is 212 cm³/mol. The highest BCUT2D eigenvalue weighted by atomic mass is 16.5. The van der Waals surface area contributed by atoms with Crippen molar-refractivity contribution in [3.8, 4) is 16.9 Å². The van der Waals surface area contributed by atoms with Crippen molar-refractivity contribution >= 4 is 22.7 Å². The summed E-state index contributed by atoms with van der Waals surface area (Å²) in [5.41, 5.74) is 9.82. The SMILES string of the molecule is C=CC(=O)Oc1ccc2cc(C(=O)OC)ccc2c1.Cc1ccc(C(c2ccc(C)cc2)(c2ccc(-c3ccccc3)cc2)C2CCCCC2)cc1. The first-order valence-electron chi connectivity index (χ1n) is 18.1. The molecule has 0 heterocycles. The first-order chi connectivity index (χ1) is 25.3. The molecule has 0 amide bonds. The second-order valence-electron chi connectivity index (χ2n) is 13.7. The van der Waals surface area contributed by atoms with Gasteiger partial charge in [0.25, 0.3) is 0 Å². The molecule has 0 spiro atoms. The number of ether oxygens (including phenoxy) is 2. The molecule has 0 atom stereocenters. The highest BCUT2D eigenvalue weighted by Crippen LogP contribution is 2.50. The van der Waals surface area contributed by atoms with Gasteiger partial charge in [0, 0.05) is 11.5 Å². The van der Waals surface area contributed by atoms with Crippen LogP contribution in [0.4, 0.5) is 0 Å². The van der Waals surface area contributed by atoms with Gasteiger partial charge >= 0.3 is 11.9 Å². The van der Waals surface area contributed by atoms with Gasteiger partial charge in [0.2, 0.25) is 0 Å². The van der Waals surface area contributed by atoms with E-state index in [-0.39, 0.29) is 11.4 Å². The van der Waals surface area contributed by atoms with E-state index < -0.39 is 5.97 Å². The average Bonchev–Trinajstić information content (AvgIpc) is 3.20. The molecule has 4 heteroatoms. The van der Waals surface area contributed by atoms with Gasteiger partial charge in [0.15, 0.2) is 0 Å². The van der Waals surface area contributed by atoms with Gasteiger partial charge in [-0.2, -0.15) is 0 Å². The van der Waals surface area contributed by atoms with Gasteiger partial charge in [-0.25, -0.2) is 9.59 Å². The lowest BCUT2D eigenvalue weighted by molar-refractivity contribution is -0.128. The van der Waals surface area contributed by atoms with Gasteiger partial charge in [0.05, 0.1) is 12.7 Å². The Labute approximate surface area is 307 Å². The van der Waals surface area contributed by atoms with Crippen LogP contribution in [-0.4, -0.2) is 19.0 Å². The number of carbonyl (C=O) groups is 2. The normalized spacial score (nSPS) is 13.1.